The van der Waals surface area contributed by atoms with Crippen LogP contribution in [0.5, 0.6) is 5.88 Å². The van der Waals surface area contributed by atoms with Gasteiger partial charge in [0.15, 0.2) is 5.13 Å². The highest BCUT2D eigenvalue weighted by molar-refractivity contribution is 7.15. The van der Waals surface area contributed by atoms with Crippen LogP contribution >= 0.6 is 11.3 Å². The van der Waals surface area contributed by atoms with Crippen molar-refractivity contribution in [2.24, 2.45) is 0 Å². The molecule has 1 aliphatic heterocycles. The van der Waals surface area contributed by atoms with Crippen LogP contribution in [0.3, 0.4) is 0 Å². The van der Waals surface area contributed by atoms with Gasteiger partial charge < -0.3 is 4.74 Å². The van der Waals surface area contributed by atoms with Crippen molar-refractivity contribution in [1.82, 2.24) is 14.9 Å². The van der Waals surface area contributed by atoms with Crippen molar-refractivity contribution < 1.29 is 9.53 Å². The van der Waals surface area contributed by atoms with Gasteiger partial charge in [0.2, 0.25) is 5.88 Å². The Morgan fingerprint density at radius 1 is 1.48 bits per heavy atom. The van der Waals surface area contributed by atoms with Crippen LogP contribution < -0.4 is 10.1 Å². The van der Waals surface area contributed by atoms with Crippen LogP contribution in [0.4, 0.5) is 5.13 Å². The maximum atomic E-state index is 12.5. The molecule has 0 unspecified atom stereocenters. The van der Waals surface area contributed by atoms with Crippen LogP contribution in [0.25, 0.3) is 0 Å². The first-order valence-electron chi connectivity index (χ1n) is 7.81. The smallest absolute Gasteiger partial charge is 0.262 e. The Hall–Kier alpha value is -1.99. The van der Waals surface area contributed by atoms with Gasteiger partial charge in [0.05, 0.1) is 12.3 Å². The van der Waals surface area contributed by atoms with Crippen LogP contribution in [0.2, 0.25) is 0 Å². The lowest BCUT2D eigenvalue weighted by molar-refractivity contribution is 0.102. The molecule has 1 N–H and O–H groups in total. The molecule has 1 aliphatic rings. The SMILES string of the molecule is CCOc1ncccc1C(=O)Nc1nc2c(s1)CN(CC)CC2. The largest absolute Gasteiger partial charge is 0.477 e. The molecular formula is C16H20N4O2S. The van der Waals surface area contributed by atoms with E-state index in [4.69, 9.17) is 4.74 Å². The van der Waals surface area contributed by atoms with E-state index in [2.05, 4.69) is 27.1 Å². The Labute approximate surface area is 139 Å². The fourth-order valence-corrected chi connectivity index (χ4v) is 3.60. The molecule has 23 heavy (non-hydrogen) atoms. The van der Waals surface area contributed by atoms with E-state index in [9.17, 15) is 4.79 Å². The minimum Gasteiger partial charge on any atom is -0.477 e. The number of nitrogens with one attached hydrogen (secondary N) is 1. The van der Waals surface area contributed by atoms with E-state index in [1.54, 1.807) is 29.7 Å². The van der Waals surface area contributed by atoms with Crippen LogP contribution in [0, 0.1) is 0 Å². The summed E-state index contributed by atoms with van der Waals surface area (Å²) in [4.78, 5) is 24.8. The molecule has 3 heterocycles. The molecule has 0 fully saturated rings. The predicted octanol–water partition coefficient (Wildman–Crippen LogP) is 2.57. The second kappa shape index (κ2) is 7.06. The third-order valence-electron chi connectivity index (χ3n) is 3.77. The first kappa shape index (κ1) is 15.9. The van der Waals surface area contributed by atoms with Crippen molar-refractivity contribution in [1.29, 1.82) is 0 Å². The first-order valence-corrected chi connectivity index (χ1v) is 8.63. The predicted molar refractivity (Wildman–Crippen MR) is 90.1 cm³/mol. The molecule has 0 saturated heterocycles. The molecule has 2 aromatic heterocycles. The van der Waals surface area contributed by atoms with Gasteiger partial charge in [-0.3, -0.25) is 15.0 Å². The van der Waals surface area contributed by atoms with E-state index in [-0.39, 0.29) is 5.91 Å². The summed E-state index contributed by atoms with van der Waals surface area (Å²) in [7, 11) is 0. The van der Waals surface area contributed by atoms with Gasteiger partial charge in [-0.05, 0) is 25.6 Å². The van der Waals surface area contributed by atoms with Crippen LogP contribution in [-0.2, 0) is 13.0 Å². The number of likely N-dealkylation sites (N-methyl/N-ethyl adjacent to an activating group) is 1. The molecule has 6 nitrogen and oxygen atoms in total. The normalized spacial score (nSPS) is 14.3. The fraction of sp³-hybridized carbons (Fsp3) is 0.438. The Bertz CT molecular complexity index is 701. The standard InChI is InChI=1S/C16H20N4O2S/c1-3-20-9-7-12-13(10-20)23-16(18-12)19-14(21)11-6-5-8-17-15(11)22-4-2/h5-6,8H,3-4,7,9-10H2,1-2H3,(H,18,19,21). The van der Waals surface area contributed by atoms with E-state index >= 15 is 0 Å². The third-order valence-corrected chi connectivity index (χ3v) is 4.77. The number of amides is 1. The van der Waals surface area contributed by atoms with E-state index < -0.39 is 0 Å². The van der Waals surface area contributed by atoms with E-state index in [0.29, 0.717) is 23.2 Å². The maximum absolute atomic E-state index is 12.5. The Morgan fingerprint density at radius 2 is 2.35 bits per heavy atom. The Balaban J connectivity index is 1.75. The number of rotatable bonds is 5. The minimum atomic E-state index is -0.236. The van der Waals surface area contributed by atoms with Gasteiger partial charge in [0.1, 0.15) is 5.56 Å². The zero-order valence-corrected chi connectivity index (χ0v) is 14.2. The summed E-state index contributed by atoms with van der Waals surface area (Å²) in [6.45, 7) is 7.47. The van der Waals surface area contributed by atoms with Crippen LogP contribution in [0.1, 0.15) is 34.8 Å². The van der Waals surface area contributed by atoms with Crippen molar-refractivity contribution in [3.8, 4) is 5.88 Å². The van der Waals surface area contributed by atoms with Crippen molar-refractivity contribution in [3.63, 3.8) is 0 Å². The molecule has 0 spiro atoms. The summed E-state index contributed by atoms with van der Waals surface area (Å²) in [6, 6.07) is 3.43. The van der Waals surface area contributed by atoms with E-state index in [0.717, 1.165) is 31.7 Å². The number of hydrogen-bond acceptors (Lipinski definition) is 6. The quantitative estimate of drug-likeness (QED) is 0.911. The first-order chi connectivity index (χ1) is 11.2. The van der Waals surface area contributed by atoms with Gasteiger partial charge in [-0.25, -0.2) is 9.97 Å². The fourth-order valence-electron chi connectivity index (χ4n) is 2.55. The number of carbonyl (C=O) groups is 1. The number of nitrogens with zero attached hydrogens (tertiary/aromatic N) is 3. The van der Waals surface area contributed by atoms with Gasteiger partial charge >= 0.3 is 0 Å². The molecule has 0 aliphatic carbocycles. The summed E-state index contributed by atoms with van der Waals surface area (Å²) in [6.07, 6.45) is 2.55. The van der Waals surface area contributed by atoms with Crippen LogP contribution in [0.15, 0.2) is 18.3 Å². The second-order valence-corrected chi connectivity index (χ2v) is 6.33. The highest BCUT2D eigenvalue weighted by Crippen LogP contribution is 2.29. The number of aromatic nitrogens is 2. The van der Waals surface area contributed by atoms with Gasteiger partial charge in [0, 0.05) is 30.6 Å². The van der Waals surface area contributed by atoms with Gasteiger partial charge in [-0.2, -0.15) is 0 Å². The number of anilines is 1. The summed E-state index contributed by atoms with van der Waals surface area (Å²) < 4.78 is 5.41. The number of pyridine rings is 1. The summed E-state index contributed by atoms with van der Waals surface area (Å²) >= 11 is 1.55. The van der Waals surface area contributed by atoms with E-state index in [1.165, 1.54) is 4.88 Å². The molecular weight excluding hydrogens is 312 g/mol. The highest BCUT2D eigenvalue weighted by atomic mass is 32.1. The van der Waals surface area contributed by atoms with Crippen molar-refractivity contribution in [2.75, 3.05) is 25.0 Å². The maximum Gasteiger partial charge on any atom is 0.262 e. The number of fused-ring (bicyclic) bond motifs is 1. The lowest BCUT2D eigenvalue weighted by Gasteiger charge is -2.23. The topological polar surface area (TPSA) is 67.3 Å². The van der Waals surface area contributed by atoms with Gasteiger partial charge in [-0.15, -0.1) is 11.3 Å². The minimum absolute atomic E-state index is 0.236. The summed E-state index contributed by atoms with van der Waals surface area (Å²) in [5, 5.41) is 3.52. The molecule has 122 valence electrons. The Kier molecular flexibility index (Phi) is 4.88. The molecule has 0 radical (unpaired) electrons. The lowest BCUT2D eigenvalue weighted by atomic mass is 10.2. The zero-order valence-electron chi connectivity index (χ0n) is 13.3. The molecule has 2 aromatic rings. The van der Waals surface area contributed by atoms with Crippen molar-refractivity contribution >= 4 is 22.4 Å². The molecule has 0 aromatic carbocycles. The molecule has 1 amide bonds. The average Bonchev–Trinajstić information content (AvgIpc) is 2.96. The molecule has 0 saturated carbocycles. The van der Waals surface area contributed by atoms with Crippen molar-refractivity contribution in [2.45, 2.75) is 26.8 Å². The second-order valence-electron chi connectivity index (χ2n) is 5.25. The molecule has 0 atom stereocenters. The monoisotopic (exact) mass is 332 g/mol. The molecule has 0 bridgehead atoms. The highest BCUT2D eigenvalue weighted by Gasteiger charge is 2.21. The number of ether oxygens (including phenoxy) is 1. The molecule has 7 heteroatoms. The summed E-state index contributed by atoms with van der Waals surface area (Å²) in [5.74, 6) is 0.117. The molecule has 3 rings (SSSR count). The van der Waals surface area contributed by atoms with Gasteiger partial charge in [0.25, 0.3) is 5.91 Å². The van der Waals surface area contributed by atoms with Gasteiger partial charge in [-0.1, -0.05) is 6.92 Å². The number of carbonyl (C=O) groups excluding carboxylic acids is 1. The number of thiazole rings is 1. The van der Waals surface area contributed by atoms with Crippen molar-refractivity contribution in [3.05, 3.63) is 34.5 Å². The average molecular weight is 332 g/mol. The van der Waals surface area contributed by atoms with E-state index in [1.807, 2.05) is 6.92 Å². The zero-order chi connectivity index (χ0) is 16.2. The lowest BCUT2D eigenvalue weighted by Crippen LogP contribution is -2.29. The summed E-state index contributed by atoms with van der Waals surface area (Å²) in [5.41, 5.74) is 1.53. The van der Waals surface area contributed by atoms with Crippen LogP contribution in [-0.4, -0.2) is 40.5 Å². The number of hydrogen-bond donors (Lipinski definition) is 1. The Morgan fingerprint density at radius 3 is 3.13 bits per heavy atom. The third kappa shape index (κ3) is 3.51.